The fourth-order valence-corrected chi connectivity index (χ4v) is 3.57. The van der Waals surface area contributed by atoms with Crippen molar-refractivity contribution in [3.05, 3.63) is 89.0 Å². The minimum Gasteiger partial charge on any atom is -0.385 e. The number of nitrogens with zero attached hydrogens (tertiary/aromatic N) is 1. The normalized spacial score (nSPS) is 19.4. The van der Waals surface area contributed by atoms with Crippen LogP contribution in [0.2, 0.25) is 0 Å². The van der Waals surface area contributed by atoms with Gasteiger partial charge in [-0.15, -0.1) is 5.73 Å². The van der Waals surface area contributed by atoms with Gasteiger partial charge in [0.15, 0.2) is 0 Å². The molecule has 0 fully saturated rings. The lowest BCUT2D eigenvalue weighted by atomic mass is 9.89. The quantitative estimate of drug-likeness (QED) is 0.517. The molecular weight excluding hydrogens is 399 g/mol. The maximum absolute atomic E-state index is 13.0. The summed E-state index contributed by atoms with van der Waals surface area (Å²) in [5, 5.41) is 10.5. The Morgan fingerprint density at radius 2 is 1.84 bits per heavy atom. The summed E-state index contributed by atoms with van der Waals surface area (Å²) in [6, 6.07) is 7.16. The van der Waals surface area contributed by atoms with Crippen molar-refractivity contribution >= 4 is 17.7 Å². The first-order valence-corrected chi connectivity index (χ1v) is 10.5. The molecule has 1 unspecified atom stereocenters. The van der Waals surface area contributed by atoms with Gasteiger partial charge in [0.25, 0.3) is 0 Å². The van der Waals surface area contributed by atoms with Crippen LogP contribution in [0.25, 0.3) is 23.4 Å². The van der Waals surface area contributed by atoms with E-state index in [2.05, 4.69) is 5.73 Å². The summed E-state index contributed by atoms with van der Waals surface area (Å²) in [7, 11) is 0. The second kappa shape index (κ2) is 9.01. The van der Waals surface area contributed by atoms with E-state index in [9.17, 15) is 18.3 Å². The van der Waals surface area contributed by atoms with Crippen LogP contribution in [0.4, 0.5) is 13.2 Å². The number of rotatable bonds is 3. The lowest BCUT2D eigenvalue weighted by molar-refractivity contribution is -0.137. The summed E-state index contributed by atoms with van der Waals surface area (Å²) >= 11 is 0. The van der Waals surface area contributed by atoms with Crippen LogP contribution in [-0.2, 0) is 6.18 Å². The van der Waals surface area contributed by atoms with Gasteiger partial charge in [0.1, 0.15) is 0 Å². The molecule has 4 rings (SSSR count). The first-order valence-electron chi connectivity index (χ1n) is 10.5. The van der Waals surface area contributed by atoms with Crippen LogP contribution in [0.15, 0.2) is 66.4 Å². The van der Waals surface area contributed by atoms with E-state index in [1.54, 1.807) is 12.2 Å². The van der Waals surface area contributed by atoms with Gasteiger partial charge in [-0.1, -0.05) is 45.1 Å². The second-order valence-electron chi connectivity index (χ2n) is 7.24. The second-order valence-corrected chi connectivity index (χ2v) is 7.24. The highest BCUT2D eigenvalue weighted by atomic mass is 19.4. The molecule has 2 nitrogen and oxygen atoms in total. The molecule has 2 aliphatic rings. The van der Waals surface area contributed by atoms with Gasteiger partial charge in [0, 0.05) is 11.3 Å². The third-order valence-electron chi connectivity index (χ3n) is 5.36. The third-order valence-corrected chi connectivity index (χ3v) is 5.36. The number of aliphatic hydroxyl groups is 1. The van der Waals surface area contributed by atoms with Crippen molar-refractivity contribution in [1.29, 1.82) is 0 Å². The van der Waals surface area contributed by atoms with E-state index in [1.165, 1.54) is 12.1 Å². The van der Waals surface area contributed by atoms with Crippen LogP contribution in [0, 0.1) is 0 Å². The molecule has 0 saturated carbocycles. The standard InChI is InChI=1S/C24H20F3NO.C2H6/c1-2-23(29)14-12-17(13-15-23)22-16-18-6-4-3-5-7-21(18)28(22)20-10-8-19(9-11-20)24(25,26)27;1-2/h3,5-14,16,29H,2,15H2,1H3;1-2H3. The number of halogens is 3. The van der Waals surface area contributed by atoms with Gasteiger partial charge in [0.2, 0.25) is 0 Å². The summed E-state index contributed by atoms with van der Waals surface area (Å²) in [6.45, 7) is 5.93. The van der Waals surface area contributed by atoms with Crippen LogP contribution in [0.5, 0.6) is 0 Å². The van der Waals surface area contributed by atoms with Crippen LogP contribution < -0.4 is 0 Å². The molecule has 31 heavy (non-hydrogen) atoms. The van der Waals surface area contributed by atoms with Crippen molar-refractivity contribution in [2.45, 2.75) is 45.4 Å². The predicted octanol–water partition coefficient (Wildman–Crippen LogP) is 7.20. The molecule has 1 N–H and O–H groups in total. The monoisotopic (exact) mass is 425 g/mol. The zero-order chi connectivity index (χ0) is 22.6. The van der Waals surface area contributed by atoms with E-state index in [-0.39, 0.29) is 0 Å². The Morgan fingerprint density at radius 3 is 2.42 bits per heavy atom. The average molecular weight is 425 g/mol. The molecule has 1 atom stereocenters. The molecule has 0 aliphatic heterocycles. The highest BCUT2D eigenvalue weighted by molar-refractivity contribution is 5.80. The number of aromatic nitrogens is 1. The zero-order valence-corrected chi connectivity index (χ0v) is 17.9. The molecule has 1 aromatic heterocycles. The Balaban J connectivity index is 0.00000132. The largest absolute Gasteiger partial charge is 0.416 e. The van der Waals surface area contributed by atoms with Gasteiger partial charge in [-0.25, -0.2) is 0 Å². The molecule has 0 bridgehead atoms. The Kier molecular flexibility index (Phi) is 6.59. The van der Waals surface area contributed by atoms with Gasteiger partial charge in [-0.05, 0) is 67.0 Å². The van der Waals surface area contributed by atoms with Gasteiger partial charge >= 0.3 is 6.18 Å². The van der Waals surface area contributed by atoms with E-state index in [1.807, 2.05) is 61.8 Å². The van der Waals surface area contributed by atoms with Crippen molar-refractivity contribution < 1.29 is 18.3 Å². The highest BCUT2D eigenvalue weighted by Gasteiger charge is 2.30. The fourth-order valence-electron chi connectivity index (χ4n) is 3.57. The van der Waals surface area contributed by atoms with Crippen LogP contribution in [0.1, 0.15) is 56.1 Å². The van der Waals surface area contributed by atoms with Gasteiger partial charge in [0.05, 0.1) is 22.6 Å². The molecule has 1 aromatic carbocycles. The summed E-state index contributed by atoms with van der Waals surface area (Å²) in [5.41, 5.74) is 5.75. The molecule has 0 spiro atoms. The third kappa shape index (κ3) is 4.68. The molecular formula is C26H26F3NO. The summed E-state index contributed by atoms with van der Waals surface area (Å²) in [4.78, 5) is 0. The van der Waals surface area contributed by atoms with E-state index >= 15 is 0 Å². The number of hydrogen-bond donors (Lipinski definition) is 1. The van der Waals surface area contributed by atoms with Gasteiger partial charge in [-0.2, -0.15) is 13.2 Å². The SMILES string of the molecule is CC.CCC1(O)C=CC(c2cc3c(n2-c2ccc(C(F)(F)F)cc2)C=CC=C=C3)=CC1. The maximum atomic E-state index is 13.0. The van der Waals surface area contributed by atoms with Crippen LogP contribution >= 0.6 is 0 Å². The predicted molar refractivity (Wildman–Crippen MR) is 121 cm³/mol. The van der Waals surface area contributed by atoms with Crippen LogP contribution in [0.3, 0.4) is 0 Å². The van der Waals surface area contributed by atoms with Crippen molar-refractivity contribution in [3.8, 4) is 5.69 Å². The number of benzene rings is 1. The Labute approximate surface area is 181 Å². The van der Waals surface area contributed by atoms with Crippen molar-refractivity contribution in [3.63, 3.8) is 0 Å². The fraction of sp³-hybridized carbons (Fsp3) is 0.269. The molecule has 5 heteroatoms. The molecule has 0 amide bonds. The first kappa shape index (κ1) is 22.7. The van der Waals surface area contributed by atoms with E-state index in [0.717, 1.165) is 34.7 Å². The maximum Gasteiger partial charge on any atom is 0.416 e. The average Bonchev–Trinajstić information content (AvgIpc) is 2.97. The first-order chi connectivity index (χ1) is 14.8. The van der Waals surface area contributed by atoms with E-state index in [4.69, 9.17) is 0 Å². The van der Waals surface area contributed by atoms with Crippen molar-refractivity contribution in [2.75, 3.05) is 0 Å². The Morgan fingerprint density at radius 1 is 1.13 bits per heavy atom. The van der Waals surface area contributed by atoms with Crippen molar-refractivity contribution in [1.82, 2.24) is 4.57 Å². The molecule has 1 heterocycles. The lowest BCUT2D eigenvalue weighted by Crippen LogP contribution is -2.25. The summed E-state index contributed by atoms with van der Waals surface area (Å²) < 4.78 is 40.9. The van der Waals surface area contributed by atoms with Crippen LogP contribution in [-0.4, -0.2) is 15.3 Å². The topological polar surface area (TPSA) is 25.2 Å². The minimum atomic E-state index is -4.37. The summed E-state index contributed by atoms with van der Waals surface area (Å²) in [5.74, 6) is 0. The molecule has 162 valence electrons. The number of allylic oxidation sites excluding steroid dienone is 4. The van der Waals surface area contributed by atoms with Gasteiger partial charge < -0.3 is 9.67 Å². The Hall–Kier alpha value is -3.01. The minimum absolute atomic E-state index is 0.490. The molecule has 0 radical (unpaired) electrons. The molecule has 2 aromatic rings. The molecule has 0 saturated heterocycles. The van der Waals surface area contributed by atoms with E-state index < -0.39 is 17.3 Å². The van der Waals surface area contributed by atoms with Crippen molar-refractivity contribution in [2.24, 2.45) is 0 Å². The molecule has 2 aliphatic carbocycles. The summed E-state index contributed by atoms with van der Waals surface area (Å²) in [6.07, 6.45) is 9.80. The smallest absolute Gasteiger partial charge is 0.385 e. The van der Waals surface area contributed by atoms with E-state index in [0.29, 0.717) is 18.5 Å². The van der Waals surface area contributed by atoms with Gasteiger partial charge in [-0.3, -0.25) is 0 Å². The lowest BCUT2D eigenvalue weighted by Gasteiger charge is -2.25. The highest BCUT2D eigenvalue weighted by Crippen LogP contribution is 2.35. The zero-order valence-electron chi connectivity index (χ0n) is 17.9. The number of hydrogen-bond acceptors (Lipinski definition) is 1. The Bertz CT molecular complexity index is 1090. The number of alkyl halides is 3. The number of fused-ring (bicyclic) bond motifs is 1.